The second-order valence-electron chi connectivity index (χ2n) is 13.3. The van der Waals surface area contributed by atoms with E-state index in [1.54, 1.807) is 0 Å². The van der Waals surface area contributed by atoms with Crippen molar-refractivity contribution in [2.24, 2.45) is 0 Å². The van der Waals surface area contributed by atoms with Gasteiger partial charge in [0.15, 0.2) is 6.10 Å². The van der Waals surface area contributed by atoms with Gasteiger partial charge < -0.3 is 14.6 Å². The van der Waals surface area contributed by atoms with Crippen LogP contribution in [0.2, 0.25) is 0 Å². The van der Waals surface area contributed by atoms with Crippen molar-refractivity contribution in [2.45, 2.75) is 168 Å². The third kappa shape index (κ3) is 41.2. The third-order valence-corrected chi connectivity index (χ3v) is 8.33. The second-order valence-corrected chi connectivity index (χ2v) is 13.3. The van der Waals surface area contributed by atoms with Gasteiger partial charge in [-0.15, -0.1) is 0 Å². The molecule has 5 nitrogen and oxygen atoms in total. The average molecular weight is 733 g/mol. The van der Waals surface area contributed by atoms with Crippen molar-refractivity contribution >= 4 is 11.9 Å². The maximum atomic E-state index is 12.1. The molecule has 1 unspecified atom stereocenters. The Bertz CT molecular complexity index is 1100. The van der Waals surface area contributed by atoms with Crippen LogP contribution in [0.15, 0.2) is 109 Å². The topological polar surface area (TPSA) is 72.8 Å². The molecule has 0 rings (SSSR count). The summed E-state index contributed by atoms with van der Waals surface area (Å²) in [5.74, 6) is -0.645. The van der Waals surface area contributed by atoms with E-state index in [4.69, 9.17) is 9.47 Å². The first kappa shape index (κ1) is 49.6. The molecular formula is C48H76O5. The highest BCUT2D eigenvalue weighted by atomic mass is 16.6. The van der Waals surface area contributed by atoms with Crippen LogP contribution in [0.5, 0.6) is 0 Å². The number of allylic oxidation sites excluding steroid dienone is 18. The third-order valence-electron chi connectivity index (χ3n) is 8.33. The number of hydrogen-bond donors (Lipinski definition) is 1. The highest BCUT2D eigenvalue weighted by Gasteiger charge is 2.16. The molecule has 0 radical (unpaired) electrons. The summed E-state index contributed by atoms with van der Waals surface area (Å²) < 4.78 is 10.5. The number of ether oxygens (including phenoxy) is 2. The van der Waals surface area contributed by atoms with Gasteiger partial charge in [0.2, 0.25) is 0 Å². The zero-order valence-electron chi connectivity index (χ0n) is 33.7. The minimum atomic E-state index is -0.793. The molecule has 0 saturated heterocycles. The van der Waals surface area contributed by atoms with Gasteiger partial charge in [0.1, 0.15) is 6.61 Å². The van der Waals surface area contributed by atoms with E-state index in [1.807, 2.05) is 0 Å². The van der Waals surface area contributed by atoms with Crippen LogP contribution in [0.4, 0.5) is 0 Å². The SMILES string of the molecule is CC/C=C\C/C=C\C/C=C\C/C=C\C/C=C\C/C=C\C/C=C\C/C=C\C/C=C\CCCCCC(=O)OC(CO)COC(=O)CCCCCCCCCC. The molecule has 0 aromatic rings. The Kier molecular flexibility index (Phi) is 40.2. The van der Waals surface area contributed by atoms with E-state index in [-0.39, 0.29) is 25.2 Å². The van der Waals surface area contributed by atoms with Crippen LogP contribution in [0.25, 0.3) is 0 Å². The van der Waals surface area contributed by atoms with Gasteiger partial charge >= 0.3 is 11.9 Å². The Labute approximate surface area is 325 Å². The van der Waals surface area contributed by atoms with Gasteiger partial charge in [0.05, 0.1) is 6.61 Å². The molecule has 0 aliphatic carbocycles. The fraction of sp³-hybridized carbons (Fsp3) is 0.583. The summed E-state index contributed by atoms with van der Waals surface area (Å²) in [5.41, 5.74) is 0. The molecular weight excluding hydrogens is 657 g/mol. The summed E-state index contributed by atoms with van der Waals surface area (Å²) in [6.45, 7) is 3.94. The Morgan fingerprint density at radius 3 is 1.23 bits per heavy atom. The summed E-state index contributed by atoms with van der Waals surface area (Å²) >= 11 is 0. The van der Waals surface area contributed by atoms with E-state index in [0.29, 0.717) is 12.8 Å². The van der Waals surface area contributed by atoms with Gasteiger partial charge in [0, 0.05) is 12.8 Å². The number of unbranched alkanes of at least 4 members (excludes halogenated alkanes) is 10. The molecule has 1 atom stereocenters. The molecule has 0 aliphatic heterocycles. The minimum Gasteiger partial charge on any atom is -0.462 e. The molecule has 0 heterocycles. The summed E-state index contributed by atoms with van der Waals surface area (Å²) in [7, 11) is 0. The normalized spacial score (nSPS) is 13.3. The van der Waals surface area contributed by atoms with Crippen LogP contribution in [0.3, 0.4) is 0 Å². The molecule has 0 bridgehead atoms. The van der Waals surface area contributed by atoms with Gasteiger partial charge in [-0.2, -0.15) is 0 Å². The van der Waals surface area contributed by atoms with Gasteiger partial charge in [-0.3, -0.25) is 9.59 Å². The number of esters is 2. The first-order valence-electron chi connectivity index (χ1n) is 20.9. The van der Waals surface area contributed by atoms with E-state index >= 15 is 0 Å². The number of carbonyl (C=O) groups excluding carboxylic acids is 2. The van der Waals surface area contributed by atoms with Crippen molar-refractivity contribution in [3.63, 3.8) is 0 Å². The number of aliphatic hydroxyl groups excluding tert-OH is 1. The summed E-state index contributed by atoms with van der Waals surface area (Å²) in [4.78, 5) is 24.1. The highest BCUT2D eigenvalue weighted by molar-refractivity contribution is 5.70. The maximum Gasteiger partial charge on any atom is 0.306 e. The standard InChI is InChI=1S/C48H76O5/c1-3-5-7-9-11-13-14-15-16-17-18-19-20-21-22-23-24-25-26-27-28-29-30-31-32-33-34-35-37-39-41-43-48(51)53-46(44-49)45-52-47(50)42-40-38-36-12-10-8-6-4-2/h5,7,11,13,15-16,18-19,21-22,24-25,27-28,30-31,33-34,46,49H,3-4,6,8-10,12,14,17,20,23,26,29,32,35-45H2,1-2H3/b7-5-,13-11-,16-15-,19-18-,22-21-,25-24-,28-27-,31-30-,34-33-. The molecule has 0 aliphatic rings. The van der Waals surface area contributed by atoms with Crippen LogP contribution in [-0.2, 0) is 19.1 Å². The van der Waals surface area contributed by atoms with Gasteiger partial charge in [-0.1, -0.05) is 175 Å². The minimum absolute atomic E-state index is 0.0854. The molecule has 0 aromatic carbocycles. The largest absolute Gasteiger partial charge is 0.462 e. The van der Waals surface area contributed by atoms with E-state index in [0.717, 1.165) is 103 Å². The molecule has 1 N–H and O–H groups in total. The van der Waals surface area contributed by atoms with Crippen LogP contribution in [0.1, 0.15) is 162 Å². The van der Waals surface area contributed by atoms with Gasteiger partial charge in [0.25, 0.3) is 0 Å². The Balaban J connectivity index is 3.70. The lowest BCUT2D eigenvalue weighted by Gasteiger charge is -2.15. The summed E-state index contributed by atoms with van der Waals surface area (Å²) in [5, 5.41) is 9.52. The molecule has 298 valence electrons. The molecule has 0 amide bonds. The lowest BCUT2D eigenvalue weighted by molar-refractivity contribution is -0.161. The van der Waals surface area contributed by atoms with Crippen LogP contribution in [-0.4, -0.2) is 36.4 Å². The first-order chi connectivity index (χ1) is 26.1. The predicted molar refractivity (Wildman–Crippen MR) is 228 cm³/mol. The van der Waals surface area contributed by atoms with Crippen molar-refractivity contribution in [1.29, 1.82) is 0 Å². The summed E-state index contributed by atoms with van der Waals surface area (Å²) in [6.07, 6.45) is 61.7. The van der Waals surface area contributed by atoms with Gasteiger partial charge in [-0.05, 0) is 83.5 Å². The molecule has 0 aromatic heterocycles. The number of carbonyl (C=O) groups is 2. The van der Waals surface area contributed by atoms with Crippen molar-refractivity contribution in [2.75, 3.05) is 13.2 Å². The van der Waals surface area contributed by atoms with Crippen molar-refractivity contribution in [3.8, 4) is 0 Å². The predicted octanol–water partition coefficient (Wildman–Crippen LogP) is 13.5. The molecule has 53 heavy (non-hydrogen) atoms. The molecule has 5 heteroatoms. The lowest BCUT2D eigenvalue weighted by Crippen LogP contribution is -2.28. The Morgan fingerprint density at radius 2 is 0.811 bits per heavy atom. The zero-order valence-corrected chi connectivity index (χ0v) is 33.7. The summed E-state index contributed by atoms with van der Waals surface area (Å²) in [6, 6.07) is 0. The Hall–Kier alpha value is -3.44. The lowest BCUT2D eigenvalue weighted by atomic mass is 10.1. The first-order valence-corrected chi connectivity index (χ1v) is 20.9. The van der Waals surface area contributed by atoms with Crippen molar-refractivity contribution in [3.05, 3.63) is 109 Å². The fourth-order valence-corrected chi connectivity index (χ4v) is 5.19. The quantitative estimate of drug-likeness (QED) is 0.0394. The maximum absolute atomic E-state index is 12.1. The van der Waals surface area contributed by atoms with E-state index < -0.39 is 6.10 Å². The van der Waals surface area contributed by atoms with Crippen LogP contribution in [0, 0.1) is 0 Å². The smallest absolute Gasteiger partial charge is 0.306 e. The van der Waals surface area contributed by atoms with Crippen molar-refractivity contribution < 1.29 is 24.2 Å². The molecule has 0 fully saturated rings. The number of hydrogen-bond acceptors (Lipinski definition) is 5. The number of aliphatic hydroxyl groups is 1. The fourth-order valence-electron chi connectivity index (χ4n) is 5.19. The van der Waals surface area contributed by atoms with E-state index in [1.165, 1.54) is 32.1 Å². The van der Waals surface area contributed by atoms with Gasteiger partial charge in [-0.25, -0.2) is 0 Å². The molecule has 0 saturated carbocycles. The van der Waals surface area contributed by atoms with Crippen LogP contribution < -0.4 is 0 Å². The Morgan fingerprint density at radius 1 is 0.453 bits per heavy atom. The van der Waals surface area contributed by atoms with Crippen molar-refractivity contribution in [1.82, 2.24) is 0 Å². The second kappa shape index (κ2) is 43.0. The average Bonchev–Trinajstić information content (AvgIpc) is 3.16. The zero-order chi connectivity index (χ0) is 38.6. The van der Waals surface area contributed by atoms with Crippen LogP contribution >= 0.6 is 0 Å². The highest BCUT2D eigenvalue weighted by Crippen LogP contribution is 2.11. The number of rotatable bonds is 36. The monoisotopic (exact) mass is 733 g/mol. The van der Waals surface area contributed by atoms with E-state index in [2.05, 4.69) is 123 Å². The molecule has 0 spiro atoms. The van der Waals surface area contributed by atoms with E-state index in [9.17, 15) is 14.7 Å².